The van der Waals surface area contributed by atoms with Crippen molar-refractivity contribution in [3.63, 3.8) is 0 Å². The molecule has 13 heavy (non-hydrogen) atoms. The number of epoxide rings is 1. The van der Waals surface area contributed by atoms with Crippen LogP contribution >= 0.6 is 15.9 Å². The molecular weight excluding hydrogens is 230 g/mol. The largest absolute Gasteiger partial charge is 0.364 e. The average Bonchev–Trinajstić information content (AvgIpc) is 2.83. The number of rotatable bonds is 2. The summed E-state index contributed by atoms with van der Waals surface area (Å²) < 4.78 is 6.55. The van der Waals surface area contributed by atoms with Gasteiger partial charge in [-0.05, 0) is 27.9 Å². The Morgan fingerprint density at radius 2 is 2.23 bits per heavy atom. The van der Waals surface area contributed by atoms with E-state index in [4.69, 9.17) is 4.74 Å². The molecule has 1 aromatic heterocycles. The van der Waals surface area contributed by atoms with Gasteiger partial charge < -0.3 is 4.74 Å². The monoisotopic (exact) mass is 241 g/mol. The molecule has 1 aliphatic heterocycles. The molecule has 0 spiro atoms. The average molecular weight is 242 g/mol. The first-order valence-electron chi connectivity index (χ1n) is 4.40. The van der Waals surface area contributed by atoms with Gasteiger partial charge in [-0.1, -0.05) is 13.8 Å². The van der Waals surface area contributed by atoms with Gasteiger partial charge in [0.25, 0.3) is 0 Å². The molecule has 0 unspecified atom stereocenters. The Hall–Kier alpha value is -0.410. The highest BCUT2D eigenvalue weighted by atomic mass is 79.9. The van der Waals surface area contributed by atoms with E-state index in [1.807, 2.05) is 6.20 Å². The van der Waals surface area contributed by atoms with Crippen LogP contribution in [0.5, 0.6) is 0 Å². The number of ether oxygens (including phenoxy) is 1. The van der Waals surface area contributed by atoms with E-state index in [-0.39, 0.29) is 5.60 Å². The molecule has 0 amide bonds. The molecule has 1 aromatic rings. The molecule has 0 bridgehead atoms. The minimum absolute atomic E-state index is 0.0587. The van der Waals surface area contributed by atoms with E-state index < -0.39 is 0 Å². The highest BCUT2D eigenvalue weighted by Crippen LogP contribution is 2.45. The van der Waals surface area contributed by atoms with Gasteiger partial charge in [0.05, 0.1) is 6.61 Å². The van der Waals surface area contributed by atoms with Crippen molar-refractivity contribution in [1.29, 1.82) is 0 Å². The van der Waals surface area contributed by atoms with Crippen LogP contribution in [0.2, 0.25) is 0 Å². The van der Waals surface area contributed by atoms with Crippen LogP contribution in [0.1, 0.15) is 19.4 Å². The Balaban J connectivity index is 2.35. The summed E-state index contributed by atoms with van der Waals surface area (Å²) >= 11 is 3.41. The first-order chi connectivity index (χ1) is 6.15. The quantitative estimate of drug-likeness (QED) is 0.745. The lowest BCUT2D eigenvalue weighted by Crippen LogP contribution is -2.16. The van der Waals surface area contributed by atoms with Crippen LogP contribution in [-0.2, 0) is 10.3 Å². The fourth-order valence-electron chi connectivity index (χ4n) is 1.55. The van der Waals surface area contributed by atoms with E-state index in [0.29, 0.717) is 5.92 Å². The molecule has 1 aliphatic rings. The third-order valence-corrected chi connectivity index (χ3v) is 3.02. The highest BCUT2D eigenvalue weighted by Gasteiger charge is 2.49. The van der Waals surface area contributed by atoms with Crippen molar-refractivity contribution in [1.82, 2.24) is 4.98 Å². The molecule has 0 aliphatic carbocycles. The Kier molecular flexibility index (Phi) is 2.16. The van der Waals surface area contributed by atoms with Crippen LogP contribution in [0.4, 0.5) is 0 Å². The van der Waals surface area contributed by atoms with E-state index in [0.717, 1.165) is 11.1 Å². The van der Waals surface area contributed by atoms with Crippen molar-refractivity contribution in [2.45, 2.75) is 19.4 Å². The minimum Gasteiger partial charge on any atom is -0.364 e. The molecule has 3 heteroatoms. The zero-order valence-corrected chi connectivity index (χ0v) is 9.34. The summed E-state index contributed by atoms with van der Waals surface area (Å²) in [6, 6.07) is 2.08. The van der Waals surface area contributed by atoms with Crippen molar-refractivity contribution in [2.24, 2.45) is 5.92 Å². The van der Waals surface area contributed by atoms with E-state index in [9.17, 15) is 0 Å². The van der Waals surface area contributed by atoms with Crippen molar-refractivity contribution >= 4 is 15.9 Å². The second kappa shape index (κ2) is 3.07. The van der Waals surface area contributed by atoms with Gasteiger partial charge in [0, 0.05) is 22.4 Å². The topological polar surface area (TPSA) is 25.4 Å². The zero-order chi connectivity index (χ0) is 9.47. The molecule has 0 N–H and O–H groups in total. The molecule has 1 fully saturated rings. The molecule has 1 atom stereocenters. The van der Waals surface area contributed by atoms with Crippen LogP contribution in [0.25, 0.3) is 0 Å². The third-order valence-electron chi connectivity index (χ3n) is 2.58. The van der Waals surface area contributed by atoms with Crippen LogP contribution in [0, 0.1) is 5.92 Å². The first kappa shape index (κ1) is 9.16. The van der Waals surface area contributed by atoms with E-state index in [1.165, 1.54) is 5.56 Å². The second-order valence-corrected chi connectivity index (χ2v) is 4.64. The van der Waals surface area contributed by atoms with Gasteiger partial charge in [0.2, 0.25) is 0 Å². The number of hydrogen-bond donors (Lipinski definition) is 0. The summed E-state index contributed by atoms with van der Waals surface area (Å²) in [5.41, 5.74) is 1.12. The molecule has 0 radical (unpaired) electrons. The predicted molar refractivity (Wildman–Crippen MR) is 54.4 cm³/mol. The van der Waals surface area contributed by atoms with Gasteiger partial charge in [0.1, 0.15) is 5.60 Å². The summed E-state index contributed by atoms with van der Waals surface area (Å²) in [6.45, 7) is 5.17. The molecule has 2 rings (SSSR count). The standard InChI is InChI=1S/C10H12BrNO/c1-7(2)10(6-13-10)8-3-9(11)5-12-4-8/h3-5,7H,6H2,1-2H3/t10-/m0/s1. The number of halogens is 1. The Labute approximate surface area is 86.5 Å². The smallest absolute Gasteiger partial charge is 0.120 e. The van der Waals surface area contributed by atoms with Crippen molar-refractivity contribution in [3.8, 4) is 0 Å². The highest BCUT2D eigenvalue weighted by molar-refractivity contribution is 9.10. The lowest BCUT2D eigenvalue weighted by atomic mass is 9.90. The lowest BCUT2D eigenvalue weighted by molar-refractivity contribution is 0.242. The maximum absolute atomic E-state index is 5.54. The Morgan fingerprint density at radius 1 is 1.54 bits per heavy atom. The van der Waals surface area contributed by atoms with Crippen molar-refractivity contribution in [2.75, 3.05) is 6.61 Å². The van der Waals surface area contributed by atoms with E-state index in [2.05, 4.69) is 40.8 Å². The second-order valence-electron chi connectivity index (χ2n) is 3.72. The predicted octanol–water partition coefficient (Wildman–Crippen LogP) is 2.73. The summed E-state index contributed by atoms with van der Waals surface area (Å²) in [6.07, 6.45) is 3.68. The fourth-order valence-corrected chi connectivity index (χ4v) is 1.92. The van der Waals surface area contributed by atoms with Crippen molar-refractivity contribution < 1.29 is 4.74 Å². The summed E-state index contributed by atoms with van der Waals surface area (Å²) in [4.78, 5) is 4.15. The molecule has 0 saturated carbocycles. The number of hydrogen-bond acceptors (Lipinski definition) is 2. The number of pyridine rings is 1. The third kappa shape index (κ3) is 1.51. The molecule has 2 heterocycles. The van der Waals surface area contributed by atoms with E-state index >= 15 is 0 Å². The summed E-state index contributed by atoms with van der Waals surface area (Å²) in [7, 11) is 0. The normalized spacial score (nSPS) is 26.5. The fraction of sp³-hybridized carbons (Fsp3) is 0.500. The maximum atomic E-state index is 5.54. The van der Waals surface area contributed by atoms with Gasteiger partial charge in [-0.15, -0.1) is 0 Å². The zero-order valence-electron chi connectivity index (χ0n) is 7.75. The van der Waals surface area contributed by atoms with Crippen LogP contribution in [0.15, 0.2) is 22.9 Å². The maximum Gasteiger partial charge on any atom is 0.120 e. The Morgan fingerprint density at radius 3 is 2.69 bits per heavy atom. The minimum atomic E-state index is -0.0587. The Bertz CT molecular complexity index is 320. The lowest BCUT2D eigenvalue weighted by Gasteiger charge is -2.15. The molecule has 0 aromatic carbocycles. The number of nitrogens with zero attached hydrogens (tertiary/aromatic N) is 1. The van der Waals surface area contributed by atoms with Gasteiger partial charge >= 0.3 is 0 Å². The van der Waals surface area contributed by atoms with Crippen LogP contribution in [-0.4, -0.2) is 11.6 Å². The summed E-state index contributed by atoms with van der Waals surface area (Å²) in [5, 5.41) is 0. The SMILES string of the molecule is CC(C)[C@]1(c2cncc(Br)c2)CO1. The van der Waals surface area contributed by atoms with Crippen LogP contribution < -0.4 is 0 Å². The molecular formula is C10H12BrNO. The molecule has 70 valence electrons. The van der Waals surface area contributed by atoms with Gasteiger partial charge in [-0.3, -0.25) is 4.98 Å². The van der Waals surface area contributed by atoms with Gasteiger partial charge in [-0.25, -0.2) is 0 Å². The number of aromatic nitrogens is 1. The molecule has 2 nitrogen and oxygen atoms in total. The van der Waals surface area contributed by atoms with E-state index in [1.54, 1.807) is 6.20 Å². The summed E-state index contributed by atoms with van der Waals surface area (Å²) in [5.74, 6) is 0.503. The van der Waals surface area contributed by atoms with Gasteiger partial charge in [0.15, 0.2) is 0 Å². The molecule has 1 saturated heterocycles. The first-order valence-corrected chi connectivity index (χ1v) is 5.19. The van der Waals surface area contributed by atoms with Gasteiger partial charge in [-0.2, -0.15) is 0 Å². The van der Waals surface area contributed by atoms with Crippen molar-refractivity contribution in [3.05, 3.63) is 28.5 Å². The van der Waals surface area contributed by atoms with Crippen LogP contribution in [0.3, 0.4) is 0 Å².